The average molecular weight is 221 g/mol. The Kier molecular flexibility index (Phi) is 2.28. The number of fused-ring (bicyclic) bond motifs is 1. The van der Waals surface area contributed by atoms with Crippen molar-refractivity contribution >= 4 is 16.9 Å². The van der Waals surface area contributed by atoms with E-state index in [9.17, 15) is 14.9 Å². The van der Waals surface area contributed by atoms with E-state index in [1.165, 1.54) is 25.4 Å². The highest BCUT2D eigenvalue weighted by Crippen LogP contribution is 2.14. The number of nitrogens with zero attached hydrogens (tertiary/aromatic N) is 3. The molecule has 2 aromatic rings. The van der Waals surface area contributed by atoms with E-state index < -0.39 is 11.0 Å². The molecule has 0 unspecified atom stereocenters. The Labute approximate surface area is 89.3 Å². The maximum Gasteiger partial charge on any atom is 0.338 e. The van der Waals surface area contributed by atoms with Crippen molar-refractivity contribution in [2.75, 3.05) is 7.11 Å². The fourth-order valence-electron chi connectivity index (χ4n) is 1.33. The molecule has 82 valence electrons. The summed E-state index contributed by atoms with van der Waals surface area (Å²) in [6.07, 6.45) is 1.27. The number of carbonyl (C=O) groups excluding carboxylic acids is 1. The first-order chi connectivity index (χ1) is 7.61. The van der Waals surface area contributed by atoms with Crippen LogP contribution in [0.4, 0.5) is 0 Å². The van der Waals surface area contributed by atoms with Gasteiger partial charge in [0.25, 0.3) is 0 Å². The van der Waals surface area contributed by atoms with Crippen molar-refractivity contribution in [1.29, 1.82) is 0 Å². The minimum absolute atomic E-state index is 0.309. The van der Waals surface area contributed by atoms with Crippen molar-refractivity contribution in [3.8, 4) is 0 Å². The maximum atomic E-state index is 11.2. The summed E-state index contributed by atoms with van der Waals surface area (Å²) in [6.45, 7) is 0. The number of methoxy groups -OCH3 is 1. The molecule has 0 atom stereocenters. The molecule has 0 aliphatic carbocycles. The fraction of sp³-hybridized carbons (Fsp3) is 0.111. The van der Waals surface area contributed by atoms with Crippen LogP contribution < -0.4 is 0 Å². The van der Waals surface area contributed by atoms with E-state index in [0.29, 0.717) is 21.3 Å². The molecule has 2 rings (SSSR count). The van der Waals surface area contributed by atoms with Crippen molar-refractivity contribution in [2.24, 2.45) is 0 Å². The maximum absolute atomic E-state index is 11.2. The van der Waals surface area contributed by atoms with Gasteiger partial charge in [0.2, 0.25) is 5.52 Å². The summed E-state index contributed by atoms with van der Waals surface area (Å²) in [4.78, 5) is 22.3. The van der Waals surface area contributed by atoms with E-state index in [1.807, 2.05) is 0 Å². The van der Waals surface area contributed by atoms with Crippen molar-refractivity contribution < 1.29 is 14.6 Å². The second kappa shape index (κ2) is 3.61. The van der Waals surface area contributed by atoms with Gasteiger partial charge in [0.1, 0.15) is 6.20 Å². The van der Waals surface area contributed by atoms with Crippen LogP contribution >= 0.6 is 0 Å². The SMILES string of the molecule is COC(=O)c1ccc2cn([N+](=O)[O-])nc2c1. The number of esters is 1. The molecule has 0 spiro atoms. The first-order valence-electron chi connectivity index (χ1n) is 4.34. The third-order valence-electron chi connectivity index (χ3n) is 2.08. The standard InChI is InChI=1S/C9H7N3O4/c1-16-9(13)6-2-3-7-5-11(12(14)15)10-8(7)4-6/h2-5H,1H3. The number of hydrogen-bond acceptors (Lipinski definition) is 5. The van der Waals surface area contributed by atoms with Crippen LogP contribution in [-0.2, 0) is 4.74 Å². The summed E-state index contributed by atoms with van der Waals surface area (Å²) in [5, 5.41) is 14.1. The average Bonchev–Trinajstić information content (AvgIpc) is 2.70. The molecule has 1 aromatic heterocycles. The lowest BCUT2D eigenvalue weighted by Gasteiger charge is -1.95. The van der Waals surface area contributed by atoms with E-state index in [-0.39, 0.29) is 0 Å². The second-order valence-corrected chi connectivity index (χ2v) is 3.05. The minimum Gasteiger partial charge on any atom is -0.465 e. The lowest BCUT2D eigenvalue weighted by molar-refractivity contribution is -0.552. The first-order valence-corrected chi connectivity index (χ1v) is 4.34. The molecule has 0 saturated heterocycles. The Morgan fingerprint density at radius 1 is 1.56 bits per heavy atom. The van der Waals surface area contributed by atoms with E-state index in [2.05, 4.69) is 9.84 Å². The van der Waals surface area contributed by atoms with Gasteiger partial charge in [-0.3, -0.25) is 0 Å². The molecule has 1 heterocycles. The summed E-state index contributed by atoms with van der Waals surface area (Å²) < 4.78 is 4.53. The fourth-order valence-corrected chi connectivity index (χ4v) is 1.33. The molecule has 16 heavy (non-hydrogen) atoms. The predicted molar refractivity (Wildman–Crippen MR) is 53.5 cm³/mol. The molecular formula is C9H7N3O4. The molecule has 0 aliphatic rings. The van der Waals surface area contributed by atoms with Gasteiger partial charge in [0.05, 0.1) is 28.2 Å². The molecule has 7 heteroatoms. The second-order valence-electron chi connectivity index (χ2n) is 3.05. The highest BCUT2D eigenvalue weighted by molar-refractivity contribution is 5.94. The summed E-state index contributed by atoms with van der Waals surface area (Å²) in [5.41, 5.74) is 0.684. The van der Waals surface area contributed by atoms with Crippen molar-refractivity contribution in [2.45, 2.75) is 0 Å². The van der Waals surface area contributed by atoms with Crippen molar-refractivity contribution in [1.82, 2.24) is 9.89 Å². The molecule has 0 fully saturated rings. The van der Waals surface area contributed by atoms with Gasteiger partial charge in [0.15, 0.2) is 0 Å². The smallest absolute Gasteiger partial charge is 0.338 e. The highest BCUT2D eigenvalue weighted by Gasteiger charge is 2.13. The van der Waals surface area contributed by atoms with Gasteiger partial charge in [0, 0.05) is 10.9 Å². The Hall–Kier alpha value is -2.44. The molecule has 0 bridgehead atoms. The van der Waals surface area contributed by atoms with Crippen molar-refractivity contribution in [3.05, 3.63) is 40.1 Å². The third kappa shape index (κ3) is 1.58. The summed E-state index contributed by atoms with van der Waals surface area (Å²) in [6, 6.07) is 4.55. The Bertz CT molecular complexity index is 575. The summed E-state index contributed by atoms with van der Waals surface area (Å²) in [7, 11) is 1.27. The van der Waals surface area contributed by atoms with Crippen LogP contribution in [-0.4, -0.2) is 28.0 Å². The van der Waals surface area contributed by atoms with Crippen molar-refractivity contribution in [3.63, 3.8) is 0 Å². The number of carbonyl (C=O) groups is 1. The van der Waals surface area contributed by atoms with Crippen LogP contribution in [0.2, 0.25) is 0 Å². The van der Waals surface area contributed by atoms with Gasteiger partial charge in [-0.1, -0.05) is 0 Å². The van der Waals surface area contributed by atoms with Crippen LogP contribution in [0.15, 0.2) is 24.4 Å². The molecule has 0 amide bonds. The van der Waals surface area contributed by atoms with Gasteiger partial charge in [-0.25, -0.2) is 4.79 Å². The van der Waals surface area contributed by atoms with Crippen LogP contribution in [0.5, 0.6) is 0 Å². The predicted octanol–water partition coefficient (Wildman–Crippen LogP) is 0.863. The molecule has 0 radical (unpaired) electrons. The van der Waals surface area contributed by atoms with E-state index in [4.69, 9.17) is 0 Å². The lowest BCUT2D eigenvalue weighted by atomic mass is 10.2. The summed E-state index contributed by atoms with van der Waals surface area (Å²) in [5.74, 6) is -0.502. The zero-order valence-corrected chi connectivity index (χ0v) is 8.28. The van der Waals surface area contributed by atoms with E-state index in [1.54, 1.807) is 6.07 Å². The molecular weight excluding hydrogens is 214 g/mol. The zero-order chi connectivity index (χ0) is 11.7. The molecule has 0 aliphatic heterocycles. The number of hydrogen-bond donors (Lipinski definition) is 0. The first kappa shape index (κ1) is 10.1. The Balaban J connectivity index is 2.53. The Morgan fingerprint density at radius 3 is 2.94 bits per heavy atom. The third-order valence-corrected chi connectivity index (χ3v) is 2.08. The molecule has 1 aromatic carbocycles. The van der Waals surface area contributed by atoms with Crippen LogP contribution in [0.3, 0.4) is 0 Å². The number of nitro groups is 1. The van der Waals surface area contributed by atoms with Crippen LogP contribution in [0, 0.1) is 10.1 Å². The molecule has 0 N–H and O–H groups in total. The lowest BCUT2D eigenvalue weighted by Crippen LogP contribution is -2.08. The number of aromatic nitrogens is 2. The van der Waals surface area contributed by atoms with Gasteiger partial charge in [-0.2, -0.15) is 0 Å². The van der Waals surface area contributed by atoms with Gasteiger partial charge in [-0.15, -0.1) is 0 Å². The van der Waals surface area contributed by atoms with Crippen LogP contribution in [0.1, 0.15) is 10.4 Å². The number of ether oxygens (including phenoxy) is 1. The minimum atomic E-state index is -0.655. The Morgan fingerprint density at radius 2 is 2.31 bits per heavy atom. The monoisotopic (exact) mass is 221 g/mol. The topological polar surface area (TPSA) is 87.3 Å². The zero-order valence-electron chi connectivity index (χ0n) is 8.28. The normalized spacial score (nSPS) is 10.3. The molecule has 0 saturated carbocycles. The van der Waals surface area contributed by atoms with Gasteiger partial charge < -0.3 is 14.9 Å². The molecule has 7 nitrogen and oxygen atoms in total. The largest absolute Gasteiger partial charge is 0.465 e. The number of benzene rings is 1. The quantitative estimate of drug-likeness (QED) is 0.426. The highest BCUT2D eigenvalue weighted by atomic mass is 16.7. The van der Waals surface area contributed by atoms with Gasteiger partial charge in [-0.05, 0) is 12.1 Å². The van der Waals surface area contributed by atoms with E-state index in [0.717, 1.165) is 0 Å². The van der Waals surface area contributed by atoms with Crippen LogP contribution in [0.25, 0.3) is 10.9 Å². The summed E-state index contributed by atoms with van der Waals surface area (Å²) >= 11 is 0. The van der Waals surface area contributed by atoms with E-state index >= 15 is 0 Å². The number of rotatable bonds is 2. The van der Waals surface area contributed by atoms with Gasteiger partial charge >= 0.3 is 5.97 Å².